The number of nitrogens with zero attached hydrogens (tertiary/aromatic N) is 3. The molecule has 40 heavy (non-hydrogen) atoms. The Morgan fingerprint density at radius 3 is 1.43 bits per heavy atom. The summed E-state index contributed by atoms with van der Waals surface area (Å²) in [6.07, 6.45) is 0. The molecular formula is C30H34N8O2. The van der Waals surface area contributed by atoms with E-state index in [9.17, 15) is 9.59 Å². The molecule has 0 unspecified atom stereocenters. The van der Waals surface area contributed by atoms with Crippen molar-refractivity contribution in [1.82, 2.24) is 15.0 Å². The van der Waals surface area contributed by atoms with E-state index in [0.29, 0.717) is 23.3 Å². The van der Waals surface area contributed by atoms with Gasteiger partial charge in [0.2, 0.25) is 29.7 Å². The molecule has 0 aliphatic heterocycles. The lowest BCUT2D eigenvalue weighted by Crippen LogP contribution is -2.32. The normalized spacial score (nSPS) is 11.3. The maximum atomic E-state index is 12.9. The van der Waals surface area contributed by atoms with Crippen LogP contribution in [0.25, 0.3) is 0 Å². The van der Waals surface area contributed by atoms with Gasteiger partial charge in [-0.05, 0) is 105 Å². The van der Waals surface area contributed by atoms with Crippen LogP contribution in [-0.2, 0) is 9.59 Å². The van der Waals surface area contributed by atoms with Crippen molar-refractivity contribution in [3.63, 3.8) is 0 Å². The molecule has 4 aromatic rings. The monoisotopic (exact) mass is 538 g/mol. The summed E-state index contributed by atoms with van der Waals surface area (Å²) in [4.78, 5) is 37.8. The Hall–Kier alpha value is -4.99. The summed E-state index contributed by atoms with van der Waals surface area (Å²) in [5.74, 6) is 0.452. The van der Waals surface area contributed by atoms with E-state index in [1.165, 1.54) is 6.92 Å². The third kappa shape index (κ3) is 8.00. The Morgan fingerprint density at radius 1 is 0.600 bits per heavy atom. The number of benzene rings is 3. The summed E-state index contributed by atoms with van der Waals surface area (Å²) in [6.45, 7) is 11.3. The molecular weight excluding hydrogens is 504 g/mol. The molecule has 206 valence electrons. The average molecular weight is 539 g/mol. The molecule has 1 atom stereocenters. The highest BCUT2D eigenvalue weighted by Gasteiger charge is 2.16. The van der Waals surface area contributed by atoms with Gasteiger partial charge in [0.15, 0.2) is 0 Å². The van der Waals surface area contributed by atoms with Gasteiger partial charge >= 0.3 is 0 Å². The second kappa shape index (κ2) is 12.2. The average Bonchev–Trinajstić information content (AvgIpc) is 2.83. The molecule has 1 aromatic heterocycles. The first-order valence-electron chi connectivity index (χ1n) is 12.9. The zero-order valence-corrected chi connectivity index (χ0v) is 23.5. The number of hydrogen-bond donors (Lipinski definition) is 5. The first kappa shape index (κ1) is 28.0. The van der Waals surface area contributed by atoms with Crippen LogP contribution in [0.3, 0.4) is 0 Å². The first-order valence-corrected chi connectivity index (χ1v) is 12.9. The van der Waals surface area contributed by atoms with Crippen LogP contribution >= 0.6 is 0 Å². The molecule has 0 spiro atoms. The van der Waals surface area contributed by atoms with Crippen LogP contribution in [-0.4, -0.2) is 32.8 Å². The lowest BCUT2D eigenvalue weighted by atomic mass is 10.1. The summed E-state index contributed by atoms with van der Waals surface area (Å²) in [5, 5.41) is 15.2. The van der Waals surface area contributed by atoms with E-state index < -0.39 is 6.04 Å². The van der Waals surface area contributed by atoms with E-state index in [0.717, 1.165) is 33.6 Å². The number of carbonyl (C=O) groups excluding carboxylic acids is 2. The van der Waals surface area contributed by atoms with Gasteiger partial charge in [0, 0.05) is 29.7 Å². The van der Waals surface area contributed by atoms with Crippen molar-refractivity contribution in [2.24, 2.45) is 0 Å². The SMILES string of the molecule is CC(=O)Nc1ccc(NC(=O)[C@@H](C)Nc2nc(Nc3cc(C)cc(C)c3)nc(Nc3cc(C)cc(C)c3)n2)cc1. The lowest BCUT2D eigenvalue weighted by Gasteiger charge is -2.16. The van der Waals surface area contributed by atoms with Crippen molar-refractivity contribution in [2.45, 2.75) is 47.6 Å². The molecule has 1 heterocycles. The van der Waals surface area contributed by atoms with E-state index in [2.05, 4.69) is 53.7 Å². The summed E-state index contributed by atoms with van der Waals surface area (Å²) in [5.41, 5.74) is 7.38. The molecule has 4 rings (SSSR count). The highest BCUT2D eigenvalue weighted by atomic mass is 16.2. The van der Waals surface area contributed by atoms with Gasteiger partial charge in [-0.1, -0.05) is 12.1 Å². The van der Waals surface area contributed by atoms with Gasteiger partial charge in [0.05, 0.1) is 0 Å². The summed E-state index contributed by atoms with van der Waals surface area (Å²) in [7, 11) is 0. The quantitative estimate of drug-likeness (QED) is 0.176. The van der Waals surface area contributed by atoms with Gasteiger partial charge in [-0.3, -0.25) is 9.59 Å². The number of aromatic nitrogens is 3. The largest absolute Gasteiger partial charge is 0.342 e. The molecule has 0 fully saturated rings. The van der Waals surface area contributed by atoms with Gasteiger partial charge in [-0.2, -0.15) is 15.0 Å². The minimum atomic E-state index is -0.666. The third-order valence-electron chi connectivity index (χ3n) is 5.80. The van der Waals surface area contributed by atoms with Crippen LogP contribution in [0, 0.1) is 27.7 Å². The fourth-order valence-corrected chi connectivity index (χ4v) is 4.25. The molecule has 0 bridgehead atoms. The van der Waals surface area contributed by atoms with Crippen LogP contribution in [0.1, 0.15) is 36.1 Å². The van der Waals surface area contributed by atoms with Crippen LogP contribution in [0.4, 0.5) is 40.6 Å². The Bertz CT molecular complexity index is 1420. The molecule has 0 saturated heterocycles. The van der Waals surface area contributed by atoms with Crippen LogP contribution in [0.2, 0.25) is 0 Å². The number of nitrogens with one attached hydrogen (secondary N) is 5. The van der Waals surface area contributed by atoms with Crippen LogP contribution < -0.4 is 26.6 Å². The maximum absolute atomic E-state index is 12.9. The summed E-state index contributed by atoms with van der Waals surface area (Å²) in [6, 6.07) is 18.4. The fraction of sp³-hybridized carbons (Fsp3) is 0.233. The van der Waals surface area contributed by atoms with Crippen LogP contribution in [0.5, 0.6) is 0 Å². The van der Waals surface area contributed by atoms with Gasteiger partial charge in [-0.15, -0.1) is 0 Å². The smallest absolute Gasteiger partial charge is 0.246 e. The Morgan fingerprint density at radius 2 is 1.00 bits per heavy atom. The van der Waals surface area contributed by atoms with Gasteiger partial charge in [0.1, 0.15) is 6.04 Å². The van der Waals surface area contributed by atoms with Crippen molar-refractivity contribution in [3.05, 3.63) is 82.9 Å². The molecule has 3 aromatic carbocycles. The van der Waals surface area contributed by atoms with Crippen molar-refractivity contribution in [3.8, 4) is 0 Å². The Balaban J connectivity index is 1.55. The topological polar surface area (TPSA) is 133 Å². The summed E-state index contributed by atoms with van der Waals surface area (Å²) >= 11 is 0. The number of anilines is 7. The van der Waals surface area contributed by atoms with Crippen molar-refractivity contribution >= 4 is 52.4 Å². The van der Waals surface area contributed by atoms with Gasteiger partial charge in [-0.25, -0.2) is 0 Å². The molecule has 10 heteroatoms. The van der Waals surface area contributed by atoms with E-state index in [-0.39, 0.29) is 17.8 Å². The summed E-state index contributed by atoms with van der Waals surface area (Å²) < 4.78 is 0. The lowest BCUT2D eigenvalue weighted by molar-refractivity contribution is -0.116. The molecule has 2 amide bonds. The second-order valence-electron chi connectivity index (χ2n) is 9.92. The van der Waals surface area contributed by atoms with E-state index in [4.69, 9.17) is 0 Å². The highest BCUT2D eigenvalue weighted by molar-refractivity contribution is 5.96. The maximum Gasteiger partial charge on any atom is 0.246 e. The molecule has 5 N–H and O–H groups in total. The molecule has 0 saturated carbocycles. The number of aryl methyl sites for hydroxylation is 4. The zero-order valence-electron chi connectivity index (χ0n) is 23.5. The number of amides is 2. The van der Waals surface area contributed by atoms with Crippen LogP contribution in [0.15, 0.2) is 60.7 Å². The highest BCUT2D eigenvalue weighted by Crippen LogP contribution is 2.22. The van der Waals surface area contributed by atoms with Gasteiger partial charge in [0.25, 0.3) is 0 Å². The number of carbonyl (C=O) groups is 2. The van der Waals surface area contributed by atoms with Gasteiger partial charge < -0.3 is 26.6 Å². The minimum absolute atomic E-state index is 0.162. The Labute approximate surface area is 234 Å². The molecule has 0 radical (unpaired) electrons. The second-order valence-corrected chi connectivity index (χ2v) is 9.92. The molecule has 10 nitrogen and oxygen atoms in total. The van der Waals surface area contributed by atoms with E-state index in [1.807, 2.05) is 52.0 Å². The number of hydrogen-bond acceptors (Lipinski definition) is 8. The van der Waals surface area contributed by atoms with Crippen molar-refractivity contribution < 1.29 is 9.59 Å². The first-order chi connectivity index (χ1) is 19.0. The predicted octanol–water partition coefficient (Wildman–Crippen LogP) is 5.99. The van der Waals surface area contributed by atoms with Crippen molar-refractivity contribution in [2.75, 3.05) is 26.6 Å². The predicted molar refractivity (Wildman–Crippen MR) is 161 cm³/mol. The number of rotatable bonds is 9. The molecule has 0 aliphatic carbocycles. The standard InChI is InChI=1S/C30H34N8O2/c1-17-11-18(2)14-25(13-17)34-29-36-28(37-30(38-29)35-26-15-19(3)12-20(4)16-26)31-21(5)27(40)33-24-9-7-23(8-10-24)32-22(6)39/h7-16,21H,1-6H3,(H,32,39)(H,33,40)(H3,31,34,35,36,37,38)/t21-/m1/s1. The zero-order chi connectivity index (χ0) is 28.8. The Kier molecular flexibility index (Phi) is 8.58. The fourth-order valence-electron chi connectivity index (χ4n) is 4.25. The van der Waals surface area contributed by atoms with E-state index >= 15 is 0 Å². The van der Waals surface area contributed by atoms with Crippen molar-refractivity contribution in [1.29, 1.82) is 0 Å². The van der Waals surface area contributed by atoms with E-state index in [1.54, 1.807) is 31.2 Å². The molecule has 0 aliphatic rings. The third-order valence-corrected chi connectivity index (χ3v) is 5.80. The minimum Gasteiger partial charge on any atom is -0.342 e.